The molecule has 0 atom stereocenters. The first-order chi connectivity index (χ1) is 13.7. The maximum Gasteiger partial charge on any atom is 0.243 e. The highest BCUT2D eigenvalue weighted by Gasteiger charge is 2.03. The normalized spacial score (nSPS) is 11.2. The third-order valence-corrected chi connectivity index (χ3v) is 4.83. The van der Waals surface area contributed by atoms with E-state index in [0.29, 0.717) is 0 Å². The zero-order chi connectivity index (χ0) is 19.6. The molecule has 0 saturated heterocycles. The minimum atomic E-state index is 1.07. The van der Waals surface area contributed by atoms with E-state index in [9.17, 15) is 0 Å². The van der Waals surface area contributed by atoms with Crippen LogP contribution in [0.3, 0.4) is 0 Å². The van der Waals surface area contributed by atoms with E-state index in [2.05, 4.69) is 81.2 Å². The molecule has 0 aliphatic carbocycles. The van der Waals surface area contributed by atoms with Crippen LogP contribution in [0.1, 0.15) is 31.2 Å². The predicted molar refractivity (Wildman–Crippen MR) is 113 cm³/mol. The lowest BCUT2D eigenvalue weighted by Gasteiger charge is -2.11. The second kappa shape index (κ2) is 10.4. The molecule has 0 fully saturated rings. The van der Waals surface area contributed by atoms with Gasteiger partial charge >= 0.3 is 0 Å². The molecule has 2 aromatic heterocycles. The van der Waals surface area contributed by atoms with Crippen LogP contribution in [0, 0.1) is 0 Å². The van der Waals surface area contributed by atoms with Crippen molar-refractivity contribution in [1.82, 2.24) is 4.57 Å². The number of benzene rings is 1. The molecule has 0 radical (unpaired) electrons. The highest BCUT2D eigenvalue weighted by atomic mass is 15.4. The summed E-state index contributed by atoms with van der Waals surface area (Å²) in [6.07, 6.45) is 17.6. The molecule has 146 valence electrons. The van der Waals surface area contributed by atoms with Gasteiger partial charge in [-0.2, -0.15) is 5.10 Å². The molecule has 0 amide bonds. The number of rotatable bonds is 10. The van der Waals surface area contributed by atoms with Crippen LogP contribution in [0.4, 0.5) is 5.69 Å². The average Bonchev–Trinajstić information content (AvgIpc) is 3.15. The Morgan fingerprint density at radius 3 is 2.43 bits per heavy atom. The Morgan fingerprint density at radius 1 is 0.964 bits per heavy atom. The summed E-state index contributed by atoms with van der Waals surface area (Å²) >= 11 is 0. The molecular formula is C23H31N5+2. The van der Waals surface area contributed by atoms with Gasteiger partial charge < -0.3 is 0 Å². The molecule has 0 saturated carbocycles. The highest BCUT2D eigenvalue weighted by molar-refractivity contribution is 5.79. The first-order valence-corrected chi connectivity index (χ1v) is 10.0. The van der Waals surface area contributed by atoms with Gasteiger partial charge in [0.25, 0.3) is 0 Å². The Hall–Kier alpha value is -2.95. The lowest BCUT2D eigenvalue weighted by atomic mass is 10.2. The minimum absolute atomic E-state index is 1.07. The van der Waals surface area contributed by atoms with E-state index in [1.165, 1.54) is 25.7 Å². The molecule has 0 aliphatic heterocycles. The summed E-state index contributed by atoms with van der Waals surface area (Å²) in [5.41, 5.74) is 2.19. The third-order valence-electron chi connectivity index (χ3n) is 4.83. The van der Waals surface area contributed by atoms with E-state index in [1.807, 2.05) is 36.5 Å². The lowest BCUT2D eigenvalue weighted by Crippen LogP contribution is -2.32. The summed E-state index contributed by atoms with van der Waals surface area (Å²) in [7, 11) is 4.03. The Labute approximate surface area is 168 Å². The number of hydrazone groups is 1. The van der Waals surface area contributed by atoms with Gasteiger partial charge in [-0.3, -0.25) is 5.01 Å². The van der Waals surface area contributed by atoms with Crippen LogP contribution in [-0.2, 0) is 20.1 Å². The monoisotopic (exact) mass is 377 g/mol. The number of unbranched alkanes of at least 4 members (excludes halogenated alkanes) is 3. The van der Waals surface area contributed by atoms with E-state index in [-0.39, 0.29) is 0 Å². The average molecular weight is 378 g/mol. The quantitative estimate of drug-likeness (QED) is 0.231. The second-order valence-corrected chi connectivity index (χ2v) is 7.20. The number of nitrogens with zero attached hydrogens (tertiary/aromatic N) is 5. The van der Waals surface area contributed by atoms with Crippen molar-refractivity contribution in [3.05, 3.63) is 79.1 Å². The number of aryl methyl sites for hydroxylation is 3. The van der Waals surface area contributed by atoms with E-state index in [0.717, 1.165) is 24.3 Å². The summed E-state index contributed by atoms with van der Waals surface area (Å²) in [6.45, 7) is 2.18. The number of aromatic nitrogens is 3. The van der Waals surface area contributed by atoms with Crippen LogP contribution in [0.25, 0.3) is 0 Å². The molecule has 0 unspecified atom stereocenters. The molecule has 0 N–H and O–H groups in total. The van der Waals surface area contributed by atoms with Crippen molar-refractivity contribution >= 4 is 11.9 Å². The molecule has 5 heteroatoms. The highest BCUT2D eigenvalue weighted by Crippen LogP contribution is 2.10. The van der Waals surface area contributed by atoms with Crippen LogP contribution in [0.15, 0.2) is 78.7 Å². The number of hydrogen-bond acceptors (Lipinski definition) is 2. The molecule has 0 aliphatic rings. The fourth-order valence-electron chi connectivity index (χ4n) is 3.14. The number of para-hydroxylation sites is 1. The molecule has 0 bridgehead atoms. The topological polar surface area (TPSA) is 28.3 Å². The van der Waals surface area contributed by atoms with Gasteiger partial charge in [-0.05, 0) is 31.4 Å². The van der Waals surface area contributed by atoms with E-state index < -0.39 is 0 Å². The van der Waals surface area contributed by atoms with Crippen molar-refractivity contribution in [3.8, 4) is 0 Å². The van der Waals surface area contributed by atoms with Crippen LogP contribution in [0.2, 0.25) is 0 Å². The summed E-state index contributed by atoms with van der Waals surface area (Å²) in [6, 6.07) is 14.4. The predicted octanol–water partition coefficient (Wildman–Crippen LogP) is 3.33. The van der Waals surface area contributed by atoms with Crippen LogP contribution >= 0.6 is 0 Å². The molecular weight excluding hydrogens is 346 g/mol. The van der Waals surface area contributed by atoms with Gasteiger partial charge in [-0.1, -0.05) is 18.2 Å². The van der Waals surface area contributed by atoms with Crippen LogP contribution < -0.4 is 14.1 Å². The zero-order valence-electron chi connectivity index (χ0n) is 17.0. The molecule has 5 nitrogen and oxygen atoms in total. The Balaban J connectivity index is 1.35. The standard InChI is InChI=1S/C23H31N5/c1-25-18-19-28(21-25)15-9-4-3-8-14-27-16-12-22(13-17-27)20-24-26(2)23-10-6-5-7-11-23/h5-7,10-13,16-21H,3-4,8-9,14-15H2,1-2H3/q+2. The maximum absolute atomic E-state index is 4.51. The van der Waals surface area contributed by atoms with Crippen molar-refractivity contribution < 1.29 is 9.13 Å². The summed E-state index contributed by atoms with van der Waals surface area (Å²) < 4.78 is 6.60. The van der Waals surface area contributed by atoms with Crippen LogP contribution in [0.5, 0.6) is 0 Å². The fourth-order valence-corrected chi connectivity index (χ4v) is 3.14. The molecule has 3 aromatic rings. The number of pyridine rings is 1. The molecule has 0 spiro atoms. The third kappa shape index (κ3) is 6.34. The molecule has 28 heavy (non-hydrogen) atoms. The smallest absolute Gasteiger partial charge is 0.243 e. The SMILES string of the molecule is CN(/N=C/c1cc[n+](CCCCCCn2cc[n+](C)c2)cc1)c1ccccc1. The molecule has 1 aromatic carbocycles. The van der Waals surface area contributed by atoms with E-state index in [4.69, 9.17) is 0 Å². The van der Waals surface area contributed by atoms with Crippen molar-refractivity contribution in [1.29, 1.82) is 0 Å². The Morgan fingerprint density at radius 2 is 1.71 bits per heavy atom. The van der Waals surface area contributed by atoms with E-state index >= 15 is 0 Å². The minimum Gasteiger partial charge on any atom is -0.269 e. The van der Waals surface area contributed by atoms with Gasteiger partial charge in [0, 0.05) is 31.2 Å². The first kappa shape index (κ1) is 19.8. The Bertz CT molecular complexity index is 852. The fraction of sp³-hybridized carbons (Fsp3) is 0.348. The Kier molecular flexibility index (Phi) is 7.36. The van der Waals surface area contributed by atoms with Crippen molar-refractivity contribution in [2.75, 3.05) is 12.1 Å². The number of imidazole rings is 1. The summed E-state index contributed by atoms with van der Waals surface area (Å²) in [5, 5.41) is 6.40. The van der Waals surface area contributed by atoms with Gasteiger partial charge in [0.2, 0.25) is 6.33 Å². The van der Waals surface area contributed by atoms with E-state index in [1.54, 1.807) is 0 Å². The summed E-state index contributed by atoms with van der Waals surface area (Å²) in [4.78, 5) is 0. The van der Waals surface area contributed by atoms with Gasteiger partial charge in [0.1, 0.15) is 18.9 Å². The van der Waals surface area contributed by atoms with Gasteiger partial charge in [-0.15, -0.1) is 0 Å². The van der Waals surface area contributed by atoms with Gasteiger partial charge in [0.05, 0.1) is 25.5 Å². The van der Waals surface area contributed by atoms with Crippen molar-refractivity contribution in [2.45, 2.75) is 38.8 Å². The molecule has 2 heterocycles. The van der Waals surface area contributed by atoms with Gasteiger partial charge in [0.15, 0.2) is 12.4 Å². The summed E-state index contributed by atoms with van der Waals surface area (Å²) in [5.74, 6) is 0. The first-order valence-electron chi connectivity index (χ1n) is 10.0. The van der Waals surface area contributed by atoms with Crippen LogP contribution in [-0.4, -0.2) is 17.8 Å². The maximum atomic E-state index is 4.51. The van der Waals surface area contributed by atoms with Gasteiger partial charge in [-0.25, -0.2) is 13.7 Å². The van der Waals surface area contributed by atoms with Crippen molar-refractivity contribution in [2.24, 2.45) is 12.1 Å². The largest absolute Gasteiger partial charge is 0.269 e. The lowest BCUT2D eigenvalue weighted by molar-refractivity contribution is -0.697. The zero-order valence-corrected chi connectivity index (χ0v) is 17.0. The number of anilines is 1. The van der Waals surface area contributed by atoms with Crippen molar-refractivity contribution in [3.63, 3.8) is 0 Å². The second-order valence-electron chi connectivity index (χ2n) is 7.20. The number of hydrogen-bond donors (Lipinski definition) is 0. The molecule has 3 rings (SSSR count).